The van der Waals surface area contributed by atoms with E-state index in [0.717, 1.165) is 11.4 Å². The first-order valence-corrected chi connectivity index (χ1v) is 4.53. The fraction of sp³-hybridized carbons (Fsp3) is 0. The third-order valence-electron chi connectivity index (χ3n) is 2.20. The minimum absolute atomic E-state index is 0.794. The van der Waals surface area contributed by atoms with E-state index in [1.165, 1.54) is 11.1 Å². The minimum Gasteiger partial charge on any atom is -0.399 e. The van der Waals surface area contributed by atoms with Gasteiger partial charge in [0, 0.05) is 5.69 Å². The van der Waals surface area contributed by atoms with Crippen LogP contribution in [0.1, 0.15) is 0 Å². The Morgan fingerprint density at radius 2 is 1.14 bits per heavy atom. The zero-order valence-corrected chi connectivity index (χ0v) is 7.90. The van der Waals surface area contributed by atoms with Crippen molar-refractivity contribution in [2.75, 3.05) is 5.73 Å². The van der Waals surface area contributed by atoms with Crippen LogP contribution < -0.4 is 11.5 Å². The molecule has 0 saturated carbocycles. The van der Waals surface area contributed by atoms with Gasteiger partial charge in [-0.3, -0.25) is 0 Å². The van der Waals surface area contributed by atoms with E-state index in [-0.39, 0.29) is 0 Å². The van der Waals surface area contributed by atoms with E-state index in [2.05, 4.69) is 17.9 Å². The average Bonchev–Trinajstić information content (AvgIpc) is 2.21. The van der Waals surface area contributed by atoms with Gasteiger partial charge in [0.05, 0.1) is 0 Å². The Bertz CT molecular complexity index is 372. The van der Waals surface area contributed by atoms with Crippen molar-refractivity contribution in [1.82, 2.24) is 0 Å². The Morgan fingerprint density at radius 3 is 1.64 bits per heavy atom. The highest BCUT2D eigenvalue weighted by atomic mass is 14.5. The fourth-order valence-corrected chi connectivity index (χ4v) is 1.37. The molecule has 0 saturated heterocycles. The molecule has 0 heterocycles. The first kappa shape index (κ1) is 8.78. The molecule has 0 aliphatic carbocycles. The van der Waals surface area contributed by atoms with Gasteiger partial charge >= 0.3 is 0 Å². The van der Waals surface area contributed by atoms with E-state index in [0.29, 0.717) is 0 Å². The smallest absolute Gasteiger partial charge is 0.127 e. The van der Waals surface area contributed by atoms with E-state index in [9.17, 15) is 0 Å². The molecular formula is C12H13N2+. The maximum absolute atomic E-state index is 5.62. The van der Waals surface area contributed by atoms with Crippen LogP contribution in [0.3, 0.4) is 0 Å². The SMILES string of the molecule is Nc1ccc(-c2ccc([NH3+])cc2)cc1. The van der Waals surface area contributed by atoms with Crippen LogP contribution in [0.2, 0.25) is 0 Å². The molecule has 2 rings (SSSR count). The molecule has 0 aliphatic rings. The Labute approximate surface area is 83.2 Å². The molecule has 14 heavy (non-hydrogen) atoms. The van der Waals surface area contributed by atoms with Gasteiger partial charge in [0.15, 0.2) is 0 Å². The topological polar surface area (TPSA) is 53.7 Å². The monoisotopic (exact) mass is 185 g/mol. The van der Waals surface area contributed by atoms with E-state index in [1.54, 1.807) is 0 Å². The third kappa shape index (κ3) is 1.75. The van der Waals surface area contributed by atoms with Crippen LogP contribution in [0.15, 0.2) is 48.5 Å². The molecule has 0 atom stereocenters. The number of hydrogen-bond acceptors (Lipinski definition) is 1. The molecule has 70 valence electrons. The molecule has 0 bridgehead atoms. The average molecular weight is 185 g/mol. The van der Waals surface area contributed by atoms with Crippen molar-refractivity contribution < 1.29 is 5.73 Å². The predicted molar refractivity (Wildman–Crippen MR) is 58.8 cm³/mol. The molecule has 2 aromatic rings. The van der Waals surface area contributed by atoms with E-state index < -0.39 is 0 Å². The van der Waals surface area contributed by atoms with Gasteiger partial charge in [-0.2, -0.15) is 0 Å². The third-order valence-corrected chi connectivity index (χ3v) is 2.20. The van der Waals surface area contributed by atoms with Gasteiger partial charge < -0.3 is 11.5 Å². The second kappa shape index (κ2) is 3.52. The van der Waals surface area contributed by atoms with Crippen LogP contribution in [-0.2, 0) is 0 Å². The maximum atomic E-state index is 5.62. The summed E-state index contributed by atoms with van der Waals surface area (Å²) in [5.74, 6) is 0. The van der Waals surface area contributed by atoms with Gasteiger partial charge in [0.1, 0.15) is 5.69 Å². The van der Waals surface area contributed by atoms with Gasteiger partial charge in [-0.05, 0) is 47.5 Å². The molecule has 0 spiro atoms. The maximum Gasteiger partial charge on any atom is 0.127 e. The normalized spacial score (nSPS) is 10.1. The van der Waals surface area contributed by atoms with Crippen molar-refractivity contribution in [2.45, 2.75) is 0 Å². The molecule has 0 unspecified atom stereocenters. The summed E-state index contributed by atoms with van der Waals surface area (Å²) >= 11 is 0. The Kier molecular flexibility index (Phi) is 2.21. The molecule has 5 N–H and O–H groups in total. The molecule has 2 nitrogen and oxygen atoms in total. The van der Waals surface area contributed by atoms with E-state index in [1.807, 2.05) is 36.4 Å². The van der Waals surface area contributed by atoms with Crippen molar-refractivity contribution in [1.29, 1.82) is 0 Å². The highest BCUT2D eigenvalue weighted by molar-refractivity contribution is 5.66. The summed E-state index contributed by atoms with van der Waals surface area (Å²) in [5.41, 5.74) is 13.7. The second-order valence-electron chi connectivity index (χ2n) is 3.32. The first-order chi connectivity index (χ1) is 6.75. The highest BCUT2D eigenvalue weighted by Gasteiger charge is 1.96. The van der Waals surface area contributed by atoms with Crippen LogP contribution in [-0.4, -0.2) is 0 Å². The standard InChI is InChI=1S/C12H12N2/c13-11-5-1-9(2-6-11)10-3-7-12(14)8-4-10/h1-8H,13-14H2/p+1. The zero-order valence-electron chi connectivity index (χ0n) is 7.90. The number of rotatable bonds is 1. The summed E-state index contributed by atoms with van der Waals surface area (Å²) in [5, 5.41) is 0. The zero-order chi connectivity index (χ0) is 9.97. The number of anilines is 1. The van der Waals surface area contributed by atoms with E-state index >= 15 is 0 Å². The van der Waals surface area contributed by atoms with Crippen LogP contribution in [0.25, 0.3) is 11.1 Å². The lowest BCUT2D eigenvalue weighted by atomic mass is 10.1. The molecular weight excluding hydrogens is 172 g/mol. The van der Waals surface area contributed by atoms with Crippen molar-refractivity contribution in [2.24, 2.45) is 0 Å². The summed E-state index contributed by atoms with van der Waals surface area (Å²) in [6.07, 6.45) is 0. The van der Waals surface area contributed by atoms with E-state index in [4.69, 9.17) is 5.73 Å². The first-order valence-electron chi connectivity index (χ1n) is 4.53. The van der Waals surface area contributed by atoms with Crippen LogP contribution in [0, 0.1) is 0 Å². The molecule has 0 aromatic heterocycles. The molecule has 0 fully saturated rings. The van der Waals surface area contributed by atoms with Crippen molar-refractivity contribution in [3.05, 3.63) is 48.5 Å². The lowest BCUT2D eigenvalue weighted by Gasteiger charge is -2.01. The van der Waals surface area contributed by atoms with Gasteiger partial charge in [-0.15, -0.1) is 0 Å². The van der Waals surface area contributed by atoms with Crippen molar-refractivity contribution in [3.8, 4) is 11.1 Å². The van der Waals surface area contributed by atoms with Crippen LogP contribution >= 0.6 is 0 Å². The number of nitrogen functional groups attached to an aromatic ring is 1. The summed E-state index contributed by atoms with van der Waals surface area (Å²) in [7, 11) is 0. The highest BCUT2D eigenvalue weighted by Crippen LogP contribution is 2.20. The molecule has 0 radical (unpaired) electrons. The number of quaternary nitrogens is 1. The van der Waals surface area contributed by atoms with Gasteiger partial charge in [-0.25, -0.2) is 0 Å². The van der Waals surface area contributed by atoms with Crippen LogP contribution in [0.5, 0.6) is 0 Å². The summed E-state index contributed by atoms with van der Waals surface area (Å²) in [6, 6.07) is 16.0. The van der Waals surface area contributed by atoms with Crippen molar-refractivity contribution in [3.63, 3.8) is 0 Å². The Hall–Kier alpha value is -1.80. The van der Waals surface area contributed by atoms with Gasteiger partial charge in [0.25, 0.3) is 0 Å². The Morgan fingerprint density at radius 1 is 0.714 bits per heavy atom. The van der Waals surface area contributed by atoms with Gasteiger partial charge in [0.2, 0.25) is 0 Å². The second-order valence-corrected chi connectivity index (χ2v) is 3.32. The minimum atomic E-state index is 0.794. The largest absolute Gasteiger partial charge is 0.399 e. The quantitative estimate of drug-likeness (QED) is 0.654. The lowest BCUT2D eigenvalue weighted by Crippen LogP contribution is -2.39. The number of hydrogen-bond donors (Lipinski definition) is 2. The molecule has 2 aromatic carbocycles. The Balaban J connectivity index is 2.40. The van der Waals surface area contributed by atoms with Gasteiger partial charge in [-0.1, -0.05) is 12.1 Å². The summed E-state index contributed by atoms with van der Waals surface area (Å²) in [6.45, 7) is 0. The summed E-state index contributed by atoms with van der Waals surface area (Å²) in [4.78, 5) is 0. The van der Waals surface area contributed by atoms with Crippen molar-refractivity contribution >= 4 is 11.4 Å². The fourth-order valence-electron chi connectivity index (χ4n) is 1.37. The molecule has 0 aliphatic heterocycles. The van der Waals surface area contributed by atoms with Crippen LogP contribution in [0.4, 0.5) is 11.4 Å². The number of benzene rings is 2. The number of nitrogens with two attached hydrogens (primary N) is 1. The molecule has 2 heteroatoms. The predicted octanol–water partition coefficient (Wildman–Crippen LogP) is 1.81. The molecule has 0 amide bonds. The summed E-state index contributed by atoms with van der Waals surface area (Å²) < 4.78 is 0. The lowest BCUT2D eigenvalue weighted by molar-refractivity contribution is -0.254.